The molecule has 26 heavy (non-hydrogen) atoms. The minimum Gasteiger partial charge on any atom is -0.491 e. The van der Waals surface area contributed by atoms with E-state index in [4.69, 9.17) is 4.74 Å². The fraction of sp³-hybridized carbons (Fsp3) is 0.526. The number of nitrogens with zero attached hydrogens (tertiary/aromatic N) is 4. The highest BCUT2D eigenvalue weighted by Crippen LogP contribution is 2.34. The van der Waals surface area contributed by atoms with E-state index < -0.39 is 5.82 Å². The lowest BCUT2D eigenvalue weighted by molar-refractivity contribution is -0.130. The van der Waals surface area contributed by atoms with Gasteiger partial charge in [-0.3, -0.25) is 4.79 Å². The second-order valence-corrected chi connectivity index (χ2v) is 7.09. The Balaban J connectivity index is 1.43. The SMILES string of the molecule is CCOc1ccc(-c2cn(C3CCN(C(=O)CC4CC4)C3)nn2)cc1F. The summed E-state index contributed by atoms with van der Waals surface area (Å²) in [4.78, 5) is 14.2. The van der Waals surface area contributed by atoms with Crippen LogP contribution in [0, 0.1) is 11.7 Å². The van der Waals surface area contributed by atoms with Crippen LogP contribution in [0.1, 0.15) is 38.6 Å². The molecule has 1 aromatic heterocycles. The number of hydrogen-bond donors (Lipinski definition) is 0. The van der Waals surface area contributed by atoms with Crippen molar-refractivity contribution in [3.8, 4) is 17.0 Å². The van der Waals surface area contributed by atoms with Crippen molar-refractivity contribution in [1.82, 2.24) is 19.9 Å². The number of carbonyl (C=O) groups is 1. The highest BCUT2D eigenvalue weighted by molar-refractivity contribution is 5.77. The molecule has 1 atom stereocenters. The Labute approximate surface area is 151 Å². The van der Waals surface area contributed by atoms with Crippen LogP contribution in [0.5, 0.6) is 5.75 Å². The zero-order valence-corrected chi connectivity index (χ0v) is 14.9. The van der Waals surface area contributed by atoms with Gasteiger partial charge >= 0.3 is 0 Å². The molecular weight excluding hydrogens is 335 g/mol. The molecule has 1 saturated heterocycles. The molecule has 1 aromatic carbocycles. The van der Waals surface area contributed by atoms with Gasteiger partial charge in [0.25, 0.3) is 0 Å². The summed E-state index contributed by atoms with van der Waals surface area (Å²) >= 11 is 0. The van der Waals surface area contributed by atoms with E-state index in [9.17, 15) is 9.18 Å². The van der Waals surface area contributed by atoms with Crippen molar-refractivity contribution < 1.29 is 13.9 Å². The van der Waals surface area contributed by atoms with Crippen LogP contribution in [0.4, 0.5) is 4.39 Å². The highest BCUT2D eigenvalue weighted by atomic mass is 19.1. The summed E-state index contributed by atoms with van der Waals surface area (Å²) in [6.07, 6.45) is 5.76. The van der Waals surface area contributed by atoms with Gasteiger partial charge in [-0.25, -0.2) is 9.07 Å². The van der Waals surface area contributed by atoms with Crippen LogP contribution in [0.2, 0.25) is 0 Å². The first-order chi connectivity index (χ1) is 12.6. The smallest absolute Gasteiger partial charge is 0.222 e. The van der Waals surface area contributed by atoms with E-state index in [2.05, 4.69) is 10.3 Å². The lowest BCUT2D eigenvalue weighted by atomic mass is 10.1. The number of halogens is 1. The van der Waals surface area contributed by atoms with Crippen LogP contribution in [0.3, 0.4) is 0 Å². The van der Waals surface area contributed by atoms with Gasteiger partial charge in [0.15, 0.2) is 11.6 Å². The molecule has 2 fully saturated rings. The number of ether oxygens (including phenoxy) is 1. The van der Waals surface area contributed by atoms with Crippen LogP contribution < -0.4 is 4.74 Å². The van der Waals surface area contributed by atoms with Crippen molar-refractivity contribution >= 4 is 5.91 Å². The summed E-state index contributed by atoms with van der Waals surface area (Å²) in [6, 6.07) is 4.94. The number of hydrogen-bond acceptors (Lipinski definition) is 4. The first-order valence-corrected chi connectivity index (χ1v) is 9.26. The van der Waals surface area contributed by atoms with Crippen molar-refractivity contribution in [2.24, 2.45) is 5.92 Å². The van der Waals surface area contributed by atoms with Crippen LogP contribution in [0.25, 0.3) is 11.3 Å². The molecule has 1 aliphatic carbocycles. The first-order valence-electron chi connectivity index (χ1n) is 9.26. The number of carbonyl (C=O) groups excluding carboxylic acids is 1. The third-order valence-corrected chi connectivity index (χ3v) is 5.09. The largest absolute Gasteiger partial charge is 0.491 e. The standard InChI is InChI=1S/C19H23FN4O2/c1-2-26-18-6-5-14(10-16(18)20)17-12-24(22-21-17)15-7-8-23(11-15)19(25)9-13-3-4-13/h5-6,10,12-13,15H,2-4,7-9,11H2,1H3. The predicted molar refractivity (Wildman–Crippen MR) is 94.2 cm³/mol. The highest BCUT2D eigenvalue weighted by Gasteiger charge is 2.32. The third-order valence-electron chi connectivity index (χ3n) is 5.09. The summed E-state index contributed by atoms with van der Waals surface area (Å²) in [5.74, 6) is 0.693. The van der Waals surface area contributed by atoms with Gasteiger partial charge in [0.2, 0.25) is 5.91 Å². The van der Waals surface area contributed by atoms with E-state index in [1.54, 1.807) is 16.8 Å². The van der Waals surface area contributed by atoms with Crippen LogP contribution in [0.15, 0.2) is 24.4 Å². The summed E-state index contributed by atoms with van der Waals surface area (Å²) in [6.45, 7) is 3.68. The van der Waals surface area contributed by atoms with E-state index >= 15 is 0 Å². The number of benzene rings is 1. The van der Waals surface area contributed by atoms with Gasteiger partial charge in [0, 0.05) is 25.1 Å². The Morgan fingerprint density at radius 2 is 2.19 bits per heavy atom. The van der Waals surface area contributed by atoms with Gasteiger partial charge in [0.1, 0.15) is 5.69 Å². The maximum Gasteiger partial charge on any atom is 0.222 e. The molecule has 6 nitrogen and oxygen atoms in total. The Morgan fingerprint density at radius 1 is 1.35 bits per heavy atom. The van der Waals surface area contributed by atoms with Gasteiger partial charge in [-0.1, -0.05) is 5.21 Å². The summed E-state index contributed by atoms with van der Waals surface area (Å²) in [7, 11) is 0. The molecule has 1 saturated carbocycles. The Bertz CT molecular complexity index is 803. The quantitative estimate of drug-likeness (QED) is 0.796. The second-order valence-electron chi connectivity index (χ2n) is 7.09. The molecule has 0 bridgehead atoms. The monoisotopic (exact) mass is 358 g/mol. The molecule has 4 rings (SSSR count). The molecule has 7 heteroatoms. The number of likely N-dealkylation sites (tertiary alicyclic amines) is 1. The fourth-order valence-electron chi connectivity index (χ4n) is 3.40. The molecule has 1 unspecified atom stereocenters. The third kappa shape index (κ3) is 3.57. The second kappa shape index (κ2) is 7.05. The maximum absolute atomic E-state index is 14.1. The minimum absolute atomic E-state index is 0.131. The molecule has 2 aliphatic rings. The topological polar surface area (TPSA) is 60.2 Å². The summed E-state index contributed by atoms with van der Waals surface area (Å²) in [5, 5.41) is 8.38. The Hall–Kier alpha value is -2.44. The van der Waals surface area contributed by atoms with Crippen molar-refractivity contribution in [2.75, 3.05) is 19.7 Å². The average Bonchev–Trinajstić information content (AvgIpc) is 3.13. The molecule has 138 valence electrons. The number of rotatable bonds is 6. The average molecular weight is 358 g/mol. The van der Waals surface area contributed by atoms with E-state index in [0.717, 1.165) is 13.0 Å². The summed E-state index contributed by atoms with van der Waals surface area (Å²) < 4.78 is 21.1. The lowest BCUT2D eigenvalue weighted by Crippen LogP contribution is -2.29. The van der Waals surface area contributed by atoms with Gasteiger partial charge in [-0.05, 0) is 50.3 Å². The van der Waals surface area contributed by atoms with Crippen molar-refractivity contribution in [3.63, 3.8) is 0 Å². The molecule has 2 aromatic rings. The van der Waals surface area contributed by atoms with E-state index in [-0.39, 0.29) is 17.7 Å². The molecule has 0 spiro atoms. The zero-order valence-electron chi connectivity index (χ0n) is 14.9. The zero-order chi connectivity index (χ0) is 18.1. The molecular formula is C19H23FN4O2. The van der Waals surface area contributed by atoms with Crippen molar-refractivity contribution in [1.29, 1.82) is 0 Å². The van der Waals surface area contributed by atoms with E-state index in [1.807, 2.05) is 18.0 Å². The molecule has 2 heterocycles. The van der Waals surface area contributed by atoms with Crippen LogP contribution >= 0.6 is 0 Å². The lowest BCUT2D eigenvalue weighted by Gasteiger charge is -2.16. The first kappa shape index (κ1) is 17.0. The molecule has 0 radical (unpaired) electrons. The van der Waals surface area contributed by atoms with Crippen LogP contribution in [-0.2, 0) is 4.79 Å². The van der Waals surface area contributed by atoms with Gasteiger partial charge in [-0.15, -0.1) is 5.10 Å². The van der Waals surface area contributed by atoms with Gasteiger partial charge in [-0.2, -0.15) is 0 Å². The molecule has 1 aliphatic heterocycles. The maximum atomic E-state index is 14.1. The minimum atomic E-state index is -0.406. The van der Waals surface area contributed by atoms with Crippen molar-refractivity contribution in [2.45, 2.75) is 38.6 Å². The van der Waals surface area contributed by atoms with Gasteiger partial charge in [0.05, 0.1) is 18.8 Å². The van der Waals surface area contributed by atoms with Gasteiger partial charge < -0.3 is 9.64 Å². The number of amides is 1. The number of aromatic nitrogens is 3. The summed E-state index contributed by atoms with van der Waals surface area (Å²) in [5.41, 5.74) is 1.28. The molecule has 1 amide bonds. The normalized spacial score (nSPS) is 19.8. The Morgan fingerprint density at radius 3 is 2.92 bits per heavy atom. The van der Waals surface area contributed by atoms with Crippen LogP contribution in [-0.4, -0.2) is 45.5 Å². The molecule has 0 N–H and O–H groups in total. The van der Waals surface area contributed by atoms with Crippen molar-refractivity contribution in [3.05, 3.63) is 30.2 Å². The van der Waals surface area contributed by atoms with E-state index in [0.29, 0.717) is 36.7 Å². The predicted octanol–water partition coefficient (Wildman–Crippen LogP) is 3.06. The fourth-order valence-corrected chi connectivity index (χ4v) is 3.40. The Kier molecular flexibility index (Phi) is 4.61. The van der Waals surface area contributed by atoms with E-state index in [1.165, 1.54) is 18.9 Å².